The topological polar surface area (TPSA) is 25.8 Å². The van der Waals surface area contributed by atoms with Crippen molar-refractivity contribution in [3.8, 4) is 11.3 Å². The summed E-state index contributed by atoms with van der Waals surface area (Å²) < 4.78 is 0. The zero-order valence-corrected chi connectivity index (χ0v) is 28.1. The van der Waals surface area contributed by atoms with E-state index in [-0.39, 0.29) is 0 Å². The molecule has 2 nitrogen and oxygen atoms in total. The van der Waals surface area contributed by atoms with Crippen LogP contribution in [0.15, 0.2) is 121 Å². The second-order valence-corrected chi connectivity index (χ2v) is 21.8. The summed E-state index contributed by atoms with van der Waals surface area (Å²) in [7, 11) is 5.57. The number of fused-ring (bicyclic) bond motifs is 3. The minimum atomic E-state index is -1.95. The zero-order chi connectivity index (χ0) is 29.0. The Morgan fingerprint density at radius 1 is 0.537 bits per heavy atom. The van der Waals surface area contributed by atoms with E-state index in [0.717, 1.165) is 27.5 Å². The molecule has 0 aliphatic heterocycles. The van der Waals surface area contributed by atoms with E-state index < -0.39 is 16.1 Å². The Kier molecular flexibility index (Phi) is 9.14. The van der Waals surface area contributed by atoms with Crippen molar-refractivity contribution in [2.45, 2.75) is 26.2 Å². The molecule has 4 aromatic carbocycles. The molecule has 0 unspecified atom stereocenters. The van der Waals surface area contributed by atoms with Gasteiger partial charge in [-0.1, -0.05) is 150 Å². The summed E-state index contributed by atoms with van der Waals surface area (Å²) in [5.74, 6) is 0. The fourth-order valence-electron chi connectivity index (χ4n) is 5.42. The molecule has 41 heavy (non-hydrogen) atoms. The van der Waals surface area contributed by atoms with Gasteiger partial charge in [0.1, 0.15) is 16.1 Å². The van der Waals surface area contributed by atoms with Crippen LogP contribution in [-0.4, -0.2) is 26.1 Å². The van der Waals surface area contributed by atoms with E-state index in [4.69, 9.17) is 25.3 Å². The molecule has 2 heterocycles. The molecule has 0 aliphatic rings. The van der Waals surface area contributed by atoms with E-state index in [2.05, 4.69) is 140 Å². The van der Waals surface area contributed by atoms with Crippen LogP contribution in [0.4, 0.5) is 0 Å². The van der Waals surface area contributed by atoms with Gasteiger partial charge in [-0.2, -0.15) is 0 Å². The first-order valence-electron chi connectivity index (χ1n) is 13.5. The standard InChI is InChI=1S/C34H32N2Si2.2ClH.Co/c1-37(2,28-13-7-5-8-14-28)30-22-27(23-31(24-30)38(3,4)29-15-9-6-10-16-29)32-20-19-26-18-17-25-12-11-21-35-33(25)34(26)36-32;;;/h5-24H,1-4H3;2*1H;/q;;;+2/p-2. The summed E-state index contributed by atoms with van der Waals surface area (Å²) in [6.45, 7) is 9.86. The van der Waals surface area contributed by atoms with Gasteiger partial charge in [-0.25, -0.2) is 4.98 Å². The third-order valence-electron chi connectivity index (χ3n) is 8.10. The molecular weight excluding hydrogens is 622 g/mol. The van der Waals surface area contributed by atoms with Gasteiger partial charge in [-0.05, 0) is 17.7 Å². The SMILES string of the molecule is C[Si](C)(c1ccccc1)c1cc(-c2ccc3ccc4cccnc4c3n2)cc([Si](C)(C)c2ccccc2)c1.[Cl][Co][Cl]. The van der Waals surface area contributed by atoms with Gasteiger partial charge >= 0.3 is 33.2 Å². The number of pyridine rings is 2. The van der Waals surface area contributed by atoms with Gasteiger partial charge < -0.3 is 0 Å². The Bertz CT molecular complexity index is 1730. The zero-order valence-electron chi connectivity index (χ0n) is 23.5. The van der Waals surface area contributed by atoms with E-state index in [1.807, 2.05) is 12.3 Å². The van der Waals surface area contributed by atoms with Crippen molar-refractivity contribution in [1.82, 2.24) is 9.97 Å². The number of hydrogen-bond acceptors (Lipinski definition) is 2. The first-order valence-corrected chi connectivity index (χ1v) is 22.4. The van der Waals surface area contributed by atoms with E-state index in [1.165, 1.54) is 26.3 Å². The van der Waals surface area contributed by atoms with Gasteiger partial charge in [0.2, 0.25) is 0 Å². The van der Waals surface area contributed by atoms with Crippen molar-refractivity contribution in [3.05, 3.63) is 121 Å². The molecule has 0 spiro atoms. The molecule has 2 aromatic heterocycles. The van der Waals surface area contributed by atoms with E-state index in [0.29, 0.717) is 12.9 Å². The van der Waals surface area contributed by atoms with Crippen LogP contribution in [0.25, 0.3) is 33.1 Å². The Morgan fingerprint density at radius 3 is 1.56 bits per heavy atom. The molecule has 0 N–H and O–H groups in total. The summed E-state index contributed by atoms with van der Waals surface area (Å²) in [5, 5.41) is 8.04. The molecule has 0 saturated heterocycles. The quantitative estimate of drug-likeness (QED) is 0.142. The summed E-state index contributed by atoms with van der Waals surface area (Å²) in [4.78, 5) is 9.92. The van der Waals surface area contributed by atoms with Crippen LogP contribution in [0.1, 0.15) is 0 Å². The van der Waals surface area contributed by atoms with Gasteiger partial charge in [0.05, 0.1) is 16.7 Å². The van der Waals surface area contributed by atoms with Gasteiger partial charge in [0, 0.05) is 17.0 Å². The van der Waals surface area contributed by atoms with E-state index >= 15 is 0 Å². The first kappa shape index (κ1) is 29.7. The Balaban J connectivity index is 0.00000108. The average Bonchev–Trinajstić information content (AvgIpc) is 3.01. The molecule has 0 saturated carbocycles. The van der Waals surface area contributed by atoms with Crippen LogP contribution in [0.3, 0.4) is 0 Å². The number of hydrogen-bond donors (Lipinski definition) is 0. The number of rotatable bonds is 5. The fourth-order valence-corrected chi connectivity index (χ4v) is 10.4. The van der Waals surface area contributed by atoms with Crippen molar-refractivity contribution >= 4 is 79.0 Å². The van der Waals surface area contributed by atoms with Crippen molar-refractivity contribution in [3.63, 3.8) is 0 Å². The molecule has 0 atom stereocenters. The van der Waals surface area contributed by atoms with E-state index in [9.17, 15) is 0 Å². The third-order valence-corrected chi connectivity index (χ3v) is 15.1. The minimum absolute atomic E-state index is 0.382. The Hall–Kier alpha value is -2.78. The van der Waals surface area contributed by atoms with Gasteiger partial charge in [0.25, 0.3) is 0 Å². The summed E-state index contributed by atoms with van der Waals surface area (Å²) in [6.07, 6.45) is 1.86. The predicted molar refractivity (Wildman–Crippen MR) is 181 cm³/mol. The molecule has 7 heteroatoms. The maximum absolute atomic E-state index is 5.23. The summed E-state index contributed by atoms with van der Waals surface area (Å²) in [6, 6.07) is 42.1. The molecule has 0 bridgehead atoms. The van der Waals surface area contributed by atoms with Crippen molar-refractivity contribution < 1.29 is 12.9 Å². The van der Waals surface area contributed by atoms with Crippen molar-refractivity contribution in [1.29, 1.82) is 0 Å². The summed E-state index contributed by atoms with van der Waals surface area (Å²) in [5.41, 5.74) is 4.13. The van der Waals surface area contributed by atoms with Gasteiger partial charge in [0.15, 0.2) is 0 Å². The second-order valence-electron chi connectivity index (χ2n) is 11.2. The predicted octanol–water partition coefficient (Wildman–Crippen LogP) is 7.47. The maximum atomic E-state index is 5.23. The van der Waals surface area contributed by atoms with Crippen molar-refractivity contribution in [2.75, 3.05) is 0 Å². The second kappa shape index (κ2) is 12.6. The average molecular weight is 655 g/mol. The van der Waals surface area contributed by atoms with Crippen LogP contribution < -0.4 is 20.7 Å². The van der Waals surface area contributed by atoms with Gasteiger partial charge in [-0.3, -0.25) is 4.98 Å². The first-order chi connectivity index (χ1) is 19.8. The van der Waals surface area contributed by atoms with Gasteiger partial charge in [-0.15, -0.1) is 0 Å². The van der Waals surface area contributed by atoms with Crippen LogP contribution in [0.5, 0.6) is 0 Å². The monoisotopic (exact) mass is 653 g/mol. The number of benzene rings is 4. The molecule has 0 amide bonds. The Morgan fingerprint density at radius 2 is 1.02 bits per heavy atom. The molecular formula is C34H32Cl2CoN2Si2. The normalized spacial score (nSPS) is 11.9. The van der Waals surface area contributed by atoms with Crippen LogP contribution in [0, 0.1) is 0 Å². The Labute approximate surface area is 259 Å². The van der Waals surface area contributed by atoms with Crippen molar-refractivity contribution in [2.24, 2.45) is 0 Å². The molecule has 6 rings (SSSR count). The molecule has 6 aromatic rings. The van der Waals surface area contributed by atoms with E-state index in [1.54, 1.807) is 0 Å². The number of nitrogens with zero attached hydrogens (tertiary/aromatic N) is 2. The van der Waals surface area contributed by atoms with Crippen LogP contribution in [0.2, 0.25) is 26.2 Å². The third kappa shape index (κ3) is 6.21. The number of halogens is 2. The molecule has 0 radical (unpaired) electrons. The molecule has 0 aliphatic carbocycles. The molecule has 0 fully saturated rings. The number of aromatic nitrogens is 2. The summed E-state index contributed by atoms with van der Waals surface area (Å²) >= 11 is 0.382. The fraction of sp³-hybridized carbons (Fsp3) is 0.118. The van der Waals surface area contributed by atoms with Crippen LogP contribution >= 0.6 is 20.3 Å². The van der Waals surface area contributed by atoms with Crippen LogP contribution in [-0.2, 0) is 12.9 Å². The molecule has 209 valence electrons.